The van der Waals surface area contributed by atoms with E-state index in [9.17, 15) is 0 Å². The molecular formula is C19H18ClN3O. The Labute approximate surface area is 145 Å². The Balaban J connectivity index is 1.86. The molecule has 0 spiro atoms. The van der Waals surface area contributed by atoms with Crippen LogP contribution in [0.15, 0.2) is 59.3 Å². The van der Waals surface area contributed by atoms with E-state index < -0.39 is 0 Å². The molecular weight excluding hydrogens is 322 g/mol. The molecule has 0 aliphatic carbocycles. The van der Waals surface area contributed by atoms with E-state index in [4.69, 9.17) is 21.0 Å². The minimum absolute atomic E-state index is 0.201. The van der Waals surface area contributed by atoms with Crippen LogP contribution in [0, 0.1) is 0 Å². The maximum atomic E-state index is 6.55. The Bertz CT molecular complexity index is 826. The number of benzene rings is 1. The summed E-state index contributed by atoms with van der Waals surface area (Å²) in [5.41, 5.74) is 1.93. The number of furan rings is 1. The fourth-order valence-corrected chi connectivity index (χ4v) is 3.83. The van der Waals surface area contributed by atoms with Crippen molar-refractivity contribution in [3.05, 3.63) is 71.2 Å². The first-order valence-electron chi connectivity index (χ1n) is 8.13. The Morgan fingerprint density at radius 2 is 1.88 bits per heavy atom. The van der Waals surface area contributed by atoms with E-state index in [1.807, 2.05) is 36.4 Å². The van der Waals surface area contributed by atoms with Crippen LogP contribution in [0.2, 0.25) is 5.02 Å². The van der Waals surface area contributed by atoms with Crippen molar-refractivity contribution in [3.63, 3.8) is 0 Å². The van der Waals surface area contributed by atoms with Gasteiger partial charge in [-0.3, -0.25) is 0 Å². The molecule has 5 heteroatoms. The Morgan fingerprint density at radius 3 is 2.62 bits per heavy atom. The lowest BCUT2D eigenvalue weighted by molar-refractivity contribution is 0.354. The van der Waals surface area contributed by atoms with E-state index in [1.54, 1.807) is 12.5 Å². The van der Waals surface area contributed by atoms with Crippen LogP contribution in [0.4, 0.5) is 0 Å². The molecule has 0 unspecified atom stereocenters. The molecule has 4 rings (SSSR count). The normalized spacial score (nSPS) is 16.9. The first-order valence-corrected chi connectivity index (χ1v) is 8.50. The predicted octanol–water partition coefficient (Wildman–Crippen LogP) is 4.06. The molecule has 122 valence electrons. The summed E-state index contributed by atoms with van der Waals surface area (Å²) >= 11 is 6.55. The van der Waals surface area contributed by atoms with Gasteiger partial charge in [0.1, 0.15) is 0 Å². The van der Waals surface area contributed by atoms with Crippen molar-refractivity contribution < 1.29 is 4.42 Å². The number of aromatic nitrogens is 2. The van der Waals surface area contributed by atoms with Gasteiger partial charge in [-0.15, -0.1) is 0 Å². The topological polar surface area (TPSA) is 51.0 Å². The van der Waals surface area contributed by atoms with Gasteiger partial charge < -0.3 is 9.73 Å². The molecule has 3 heterocycles. The van der Waals surface area contributed by atoms with Crippen LogP contribution in [0.3, 0.4) is 0 Å². The summed E-state index contributed by atoms with van der Waals surface area (Å²) < 4.78 is 5.46. The van der Waals surface area contributed by atoms with Gasteiger partial charge in [0.25, 0.3) is 0 Å². The van der Waals surface area contributed by atoms with Crippen LogP contribution >= 0.6 is 11.6 Å². The highest BCUT2D eigenvalue weighted by molar-refractivity contribution is 6.31. The fraction of sp³-hybridized carbons (Fsp3) is 0.263. The van der Waals surface area contributed by atoms with Crippen molar-refractivity contribution in [1.29, 1.82) is 0 Å². The average molecular weight is 340 g/mol. The van der Waals surface area contributed by atoms with E-state index in [-0.39, 0.29) is 5.41 Å². The molecule has 0 amide bonds. The maximum absolute atomic E-state index is 6.55. The average Bonchev–Trinajstić information content (AvgIpc) is 3.18. The summed E-state index contributed by atoms with van der Waals surface area (Å²) in [5, 5.41) is 4.23. The first-order chi connectivity index (χ1) is 11.8. The zero-order valence-electron chi connectivity index (χ0n) is 13.2. The molecule has 1 aromatic carbocycles. The van der Waals surface area contributed by atoms with Gasteiger partial charge in [-0.1, -0.05) is 29.8 Å². The Kier molecular flexibility index (Phi) is 4.08. The molecule has 0 bridgehead atoms. The minimum atomic E-state index is -0.201. The molecule has 1 aliphatic rings. The molecule has 1 N–H and O–H groups in total. The lowest BCUT2D eigenvalue weighted by Gasteiger charge is -2.38. The Hall–Kier alpha value is -2.17. The summed E-state index contributed by atoms with van der Waals surface area (Å²) in [6.07, 6.45) is 5.34. The van der Waals surface area contributed by atoms with Gasteiger partial charge in [0.2, 0.25) is 0 Å². The first kappa shape index (κ1) is 15.4. The monoisotopic (exact) mass is 339 g/mol. The van der Waals surface area contributed by atoms with Crippen molar-refractivity contribution in [2.75, 3.05) is 13.1 Å². The molecule has 2 aromatic heterocycles. The summed E-state index contributed by atoms with van der Waals surface area (Å²) in [6, 6.07) is 13.8. The van der Waals surface area contributed by atoms with Gasteiger partial charge in [-0.05, 0) is 55.8 Å². The third kappa shape index (κ3) is 2.62. The number of nitrogens with zero attached hydrogens (tertiary/aromatic N) is 2. The van der Waals surface area contributed by atoms with Crippen LogP contribution in [0.1, 0.15) is 24.1 Å². The molecule has 0 radical (unpaired) electrons. The number of nitrogens with one attached hydrogen (secondary N) is 1. The highest BCUT2D eigenvalue weighted by atomic mass is 35.5. The molecule has 4 nitrogen and oxygen atoms in total. The van der Waals surface area contributed by atoms with Gasteiger partial charge in [-0.25, -0.2) is 9.97 Å². The van der Waals surface area contributed by atoms with Crippen molar-refractivity contribution in [1.82, 2.24) is 15.3 Å². The van der Waals surface area contributed by atoms with Crippen LogP contribution in [0.5, 0.6) is 0 Å². The van der Waals surface area contributed by atoms with Gasteiger partial charge in [-0.2, -0.15) is 0 Å². The number of rotatable bonds is 3. The van der Waals surface area contributed by atoms with Crippen LogP contribution in [-0.4, -0.2) is 23.1 Å². The molecule has 0 saturated carbocycles. The van der Waals surface area contributed by atoms with E-state index in [2.05, 4.69) is 16.4 Å². The SMILES string of the molecule is Clc1ccccc1C1(c2ccnc(-c3ccco3)n2)CCNCC1. The fourth-order valence-electron chi connectivity index (χ4n) is 3.52. The third-order valence-corrected chi connectivity index (χ3v) is 5.06. The lowest BCUT2D eigenvalue weighted by atomic mass is 9.70. The second kappa shape index (κ2) is 6.38. The van der Waals surface area contributed by atoms with Crippen molar-refractivity contribution >= 4 is 11.6 Å². The van der Waals surface area contributed by atoms with E-state index in [1.165, 1.54) is 0 Å². The second-order valence-electron chi connectivity index (χ2n) is 6.05. The zero-order chi connectivity index (χ0) is 16.4. The highest BCUT2D eigenvalue weighted by Gasteiger charge is 2.38. The van der Waals surface area contributed by atoms with E-state index in [0.717, 1.165) is 42.2 Å². The number of piperidine rings is 1. The molecule has 1 saturated heterocycles. The number of hydrogen-bond donors (Lipinski definition) is 1. The van der Waals surface area contributed by atoms with Gasteiger partial charge >= 0.3 is 0 Å². The van der Waals surface area contributed by atoms with E-state index >= 15 is 0 Å². The van der Waals surface area contributed by atoms with Crippen LogP contribution in [0.25, 0.3) is 11.6 Å². The molecule has 1 fully saturated rings. The highest BCUT2D eigenvalue weighted by Crippen LogP contribution is 2.42. The zero-order valence-corrected chi connectivity index (χ0v) is 14.0. The van der Waals surface area contributed by atoms with Gasteiger partial charge in [0.15, 0.2) is 11.6 Å². The summed E-state index contributed by atoms with van der Waals surface area (Å²) in [7, 11) is 0. The van der Waals surface area contributed by atoms with Crippen LogP contribution in [-0.2, 0) is 5.41 Å². The van der Waals surface area contributed by atoms with Gasteiger partial charge in [0, 0.05) is 16.6 Å². The molecule has 0 atom stereocenters. The summed E-state index contributed by atoms with van der Waals surface area (Å²) in [5.74, 6) is 1.29. The Morgan fingerprint density at radius 1 is 1.04 bits per heavy atom. The number of halogens is 1. The quantitative estimate of drug-likeness (QED) is 0.781. The lowest BCUT2D eigenvalue weighted by Crippen LogP contribution is -2.41. The minimum Gasteiger partial charge on any atom is -0.461 e. The number of hydrogen-bond acceptors (Lipinski definition) is 4. The third-order valence-electron chi connectivity index (χ3n) is 4.73. The molecule has 1 aliphatic heterocycles. The predicted molar refractivity (Wildman–Crippen MR) is 94.1 cm³/mol. The van der Waals surface area contributed by atoms with Crippen molar-refractivity contribution in [2.24, 2.45) is 0 Å². The summed E-state index contributed by atoms with van der Waals surface area (Å²) in [6.45, 7) is 1.87. The van der Waals surface area contributed by atoms with Crippen molar-refractivity contribution in [2.45, 2.75) is 18.3 Å². The smallest absolute Gasteiger partial charge is 0.195 e. The van der Waals surface area contributed by atoms with Gasteiger partial charge in [0.05, 0.1) is 12.0 Å². The van der Waals surface area contributed by atoms with Crippen molar-refractivity contribution in [3.8, 4) is 11.6 Å². The van der Waals surface area contributed by atoms with Crippen LogP contribution < -0.4 is 5.32 Å². The standard InChI is InChI=1S/C19H18ClN3O/c20-15-5-2-1-4-14(15)19(8-11-21-12-9-19)17-7-10-22-18(23-17)16-6-3-13-24-16/h1-7,10,13,21H,8-9,11-12H2. The molecule has 24 heavy (non-hydrogen) atoms. The maximum Gasteiger partial charge on any atom is 0.195 e. The summed E-state index contributed by atoms with van der Waals surface area (Å²) in [4.78, 5) is 9.21. The molecule has 3 aromatic rings. The van der Waals surface area contributed by atoms with E-state index in [0.29, 0.717) is 11.6 Å². The largest absolute Gasteiger partial charge is 0.461 e. The second-order valence-corrected chi connectivity index (χ2v) is 6.46.